The molecule has 0 heterocycles. The second-order valence-electron chi connectivity index (χ2n) is 3.56. The maximum Gasteiger partial charge on any atom is 0.234 e. The molecule has 5 nitrogen and oxygen atoms in total. The van der Waals surface area contributed by atoms with Crippen LogP contribution in [0.3, 0.4) is 0 Å². The van der Waals surface area contributed by atoms with Gasteiger partial charge in [0.25, 0.3) is 0 Å². The summed E-state index contributed by atoms with van der Waals surface area (Å²) >= 11 is 1.22. The summed E-state index contributed by atoms with van der Waals surface area (Å²) in [6, 6.07) is 8.73. The smallest absolute Gasteiger partial charge is 0.234 e. The third kappa shape index (κ3) is 4.75. The molecule has 0 aliphatic carbocycles. The molecule has 0 radical (unpaired) electrons. The fourth-order valence-corrected chi connectivity index (χ4v) is 1.97. The van der Waals surface area contributed by atoms with Gasteiger partial charge in [-0.15, -0.1) is 11.8 Å². The monoisotopic (exact) mass is 266 g/mol. The average molecular weight is 266 g/mol. The number of nitriles is 1. The fraction of sp³-hybridized carbons (Fsp3) is 0.333. The molecule has 0 saturated carbocycles. The van der Waals surface area contributed by atoms with Crippen LogP contribution >= 0.6 is 11.8 Å². The number of hydrogen-bond acceptors (Lipinski definition) is 5. The molecular weight excluding hydrogens is 252 g/mol. The number of nitrogens with zero attached hydrogens (tertiary/aromatic N) is 1. The van der Waals surface area contributed by atoms with Crippen LogP contribution in [0.25, 0.3) is 0 Å². The third-order valence-electron chi connectivity index (χ3n) is 2.08. The second kappa shape index (κ2) is 7.71. The van der Waals surface area contributed by atoms with Crippen LogP contribution in [0.15, 0.2) is 24.3 Å². The van der Waals surface area contributed by atoms with E-state index >= 15 is 0 Å². The zero-order valence-electron chi connectivity index (χ0n) is 9.67. The maximum atomic E-state index is 11.6. The second-order valence-corrected chi connectivity index (χ2v) is 4.59. The number of amides is 1. The molecule has 0 aromatic heterocycles. The zero-order valence-corrected chi connectivity index (χ0v) is 10.5. The van der Waals surface area contributed by atoms with E-state index in [4.69, 9.17) is 15.5 Å². The van der Waals surface area contributed by atoms with Crippen molar-refractivity contribution >= 4 is 23.4 Å². The summed E-state index contributed by atoms with van der Waals surface area (Å²) < 4.78 is 0. The van der Waals surface area contributed by atoms with Gasteiger partial charge in [0.05, 0.1) is 29.7 Å². The molecule has 96 valence electrons. The molecule has 0 fully saturated rings. The Hall–Kier alpha value is -1.55. The Morgan fingerprint density at radius 1 is 1.50 bits per heavy atom. The normalized spacial score (nSPS) is 11.6. The molecule has 1 aromatic carbocycles. The minimum atomic E-state index is -0.811. The maximum absolute atomic E-state index is 11.6. The highest BCUT2D eigenvalue weighted by Gasteiger charge is 2.08. The van der Waals surface area contributed by atoms with E-state index < -0.39 is 6.10 Å². The molecule has 6 heteroatoms. The van der Waals surface area contributed by atoms with Crippen molar-refractivity contribution in [2.24, 2.45) is 0 Å². The van der Waals surface area contributed by atoms with E-state index in [1.165, 1.54) is 11.8 Å². The molecular formula is C12H14N2O3S. The summed E-state index contributed by atoms with van der Waals surface area (Å²) in [6.07, 6.45) is -0.811. The molecule has 18 heavy (non-hydrogen) atoms. The Kier molecular flexibility index (Phi) is 6.22. The molecule has 0 saturated heterocycles. The van der Waals surface area contributed by atoms with Crippen LogP contribution in [0.1, 0.15) is 5.56 Å². The van der Waals surface area contributed by atoms with Crippen molar-refractivity contribution in [3.05, 3.63) is 29.8 Å². The zero-order chi connectivity index (χ0) is 13.4. The van der Waals surface area contributed by atoms with Crippen LogP contribution in [-0.4, -0.2) is 40.3 Å². The number of benzene rings is 1. The minimum Gasteiger partial charge on any atom is -0.394 e. The van der Waals surface area contributed by atoms with Gasteiger partial charge in [0.1, 0.15) is 6.07 Å². The van der Waals surface area contributed by atoms with Gasteiger partial charge in [-0.1, -0.05) is 12.1 Å². The minimum absolute atomic E-state index is 0.164. The number of carbonyl (C=O) groups is 1. The Morgan fingerprint density at radius 3 is 2.89 bits per heavy atom. The van der Waals surface area contributed by atoms with E-state index in [0.717, 1.165) is 0 Å². The number of aliphatic hydroxyl groups excluding tert-OH is 2. The third-order valence-corrected chi connectivity index (χ3v) is 3.16. The Balaban J connectivity index is 2.43. The number of carbonyl (C=O) groups excluding carboxylic acids is 1. The van der Waals surface area contributed by atoms with Gasteiger partial charge in [-0.05, 0) is 12.1 Å². The standard InChI is InChI=1S/C12H14N2O3S/c13-5-9-3-1-2-4-11(9)14-12(17)8-18-7-10(16)6-15/h1-4,10,15-16H,6-8H2,(H,14,17). The SMILES string of the molecule is N#Cc1ccccc1NC(=O)CSCC(O)CO. The molecule has 1 unspecified atom stereocenters. The van der Waals surface area contributed by atoms with E-state index in [9.17, 15) is 4.79 Å². The number of para-hydroxylation sites is 1. The number of aliphatic hydroxyl groups is 2. The summed E-state index contributed by atoms with van der Waals surface area (Å²) in [5.41, 5.74) is 0.888. The predicted octanol–water partition coefficient (Wildman–Crippen LogP) is 0.583. The van der Waals surface area contributed by atoms with Crippen LogP contribution in [0.5, 0.6) is 0 Å². The van der Waals surface area contributed by atoms with Crippen LogP contribution in [0.2, 0.25) is 0 Å². The summed E-state index contributed by atoms with van der Waals surface area (Å²) in [7, 11) is 0. The van der Waals surface area contributed by atoms with E-state index in [1.807, 2.05) is 6.07 Å². The van der Waals surface area contributed by atoms with Gasteiger partial charge in [-0.3, -0.25) is 4.79 Å². The molecule has 3 N–H and O–H groups in total. The Morgan fingerprint density at radius 2 is 2.22 bits per heavy atom. The molecule has 0 spiro atoms. The topological polar surface area (TPSA) is 93.4 Å². The first kappa shape index (κ1) is 14.5. The molecule has 0 aliphatic heterocycles. The van der Waals surface area contributed by atoms with Crippen LogP contribution < -0.4 is 5.32 Å². The molecule has 0 bridgehead atoms. The van der Waals surface area contributed by atoms with Crippen molar-refractivity contribution in [3.8, 4) is 6.07 Å². The quantitative estimate of drug-likeness (QED) is 0.700. The lowest BCUT2D eigenvalue weighted by molar-refractivity contribution is -0.113. The van der Waals surface area contributed by atoms with E-state index in [2.05, 4.69) is 5.32 Å². The first-order valence-electron chi connectivity index (χ1n) is 5.33. The van der Waals surface area contributed by atoms with E-state index in [1.54, 1.807) is 24.3 Å². The van der Waals surface area contributed by atoms with Gasteiger partial charge in [-0.25, -0.2) is 0 Å². The Bertz CT molecular complexity index is 445. The number of nitrogens with one attached hydrogen (secondary N) is 1. The number of anilines is 1. The van der Waals surface area contributed by atoms with Crippen molar-refractivity contribution in [3.63, 3.8) is 0 Å². The molecule has 1 amide bonds. The average Bonchev–Trinajstić information content (AvgIpc) is 2.39. The highest BCUT2D eigenvalue weighted by Crippen LogP contribution is 2.14. The number of rotatable bonds is 6. The van der Waals surface area contributed by atoms with Crippen LogP contribution in [0, 0.1) is 11.3 Å². The van der Waals surface area contributed by atoms with Crippen molar-refractivity contribution in [1.29, 1.82) is 5.26 Å². The summed E-state index contributed by atoms with van der Waals surface area (Å²) in [4.78, 5) is 11.6. The highest BCUT2D eigenvalue weighted by molar-refractivity contribution is 8.00. The summed E-state index contributed by atoms with van der Waals surface area (Å²) in [5.74, 6) is 0.216. The summed E-state index contributed by atoms with van der Waals surface area (Å²) in [6.45, 7) is -0.314. The molecule has 0 aliphatic rings. The lowest BCUT2D eigenvalue weighted by atomic mass is 10.2. The predicted molar refractivity (Wildman–Crippen MR) is 70.2 cm³/mol. The van der Waals surface area contributed by atoms with Gasteiger partial charge in [0.15, 0.2) is 0 Å². The number of thioether (sulfide) groups is 1. The first-order chi connectivity index (χ1) is 8.67. The summed E-state index contributed by atoms with van der Waals surface area (Å²) in [5, 5.41) is 29.2. The van der Waals surface area contributed by atoms with Gasteiger partial charge in [0.2, 0.25) is 5.91 Å². The lowest BCUT2D eigenvalue weighted by Crippen LogP contribution is -2.19. The van der Waals surface area contributed by atoms with E-state index in [-0.39, 0.29) is 18.3 Å². The lowest BCUT2D eigenvalue weighted by Gasteiger charge is -2.08. The highest BCUT2D eigenvalue weighted by atomic mass is 32.2. The van der Waals surface area contributed by atoms with Crippen molar-refractivity contribution in [2.75, 3.05) is 23.4 Å². The van der Waals surface area contributed by atoms with Crippen LogP contribution in [-0.2, 0) is 4.79 Å². The van der Waals surface area contributed by atoms with Crippen molar-refractivity contribution < 1.29 is 15.0 Å². The van der Waals surface area contributed by atoms with Gasteiger partial charge in [0, 0.05) is 5.75 Å². The van der Waals surface area contributed by atoms with Crippen LogP contribution in [0.4, 0.5) is 5.69 Å². The number of hydrogen-bond donors (Lipinski definition) is 3. The van der Waals surface area contributed by atoms with Gasteiger partial charge < -0.3 is 15.5 Å². The van der Waals surface area contributed by atoms with Gasteiger partial charge in [-0.2, -0.15) is 5.26 Å². The largest absolute Gasteiger partial charge is 0.394 e. The van der Waals surface area contributed by atoms with Crippen molar-refractivity contribution in [1.82, 2.24) is 0 Å². The van der Waals surface area contributed by atoms with Crippen molar-refractivity contribution in [2.45, 2.75) is 6.10 Å². The van der Waals surface area contributed by atoms with E-state index in [0.29, 0.717) is 17.0 Å². The first-order valence-corrected chi connectivity index (χ1v) is 6.48. The van der Waals surface area contributed by atoms with Gasteiger partial charge >= 0.3 is 0 Å². The Labute approximate surface area is 109 Å². The molecule has 1 rings (SSSR count). The molecule has 1 aromatic rings. The molecule has 1 atom stereocenters. The fourth-order valence-electron chi connectivity index (χ4n) is 1.22.